The van der Waals surface area contributed by atoms with Crippen LogP contribution in [0.4, 0.5) is 0 Å². The summed E-state index contributed by atoms with van der Waals surface area (Å²) in [5.41, 5.74) is 3.84. The van der Waals surface area contributed by atoms with Crippen molar-refractivity contribution in [1.29, 1.82) is 0 Å². The molecule has 0 fully saturated rings. The van der Waals surface area contributed by atoms with Crippen LogP contribution in [0.15, 0.2) is 16.7 Å². The Morgan fingerprint density at radius 2 is 1.86 bits per heavy atom. The van der Waals surface area contributed by atoms with Crippen molar-refractivity contribution in [3.63, 3.8) is 0 Å². The van der Waals surface area contributed by atoms with Crippen molar-refractivity contribution < 1.29 is 26.6 Å². The molecule has 120 valence electrons. The number of halogens is 2. The van der Waals surface area contributed by atoms with Gasteiger partial charge in [0.15, 0.2) is 0 Å². The van der Waals surface area contributed by atoms with E-state index in [1.165, 1.54) is 23.8 Å². The van der Waals surface area contributed by atoms with Crippen molar-refractivity contribution in [3.8, 4) is 0 Å². The van der Waals surface area contributed by atoms with Gasteiger partial charge in [-0.25, -0.2) is 5.57 Å². The molecule has 0 aromatic heterocycles. The summed E-state index contributed by atoms with van der Waals surface area (Å²) in [6, 6.07) is 0. The van der Waals surface area contributed by atoms with E-state index in [0.717, 1.165) is 0 Å². The fourth-order valence-electron chi connectivity index (χ4n) is 2.48. The molecule has 0 aliphatic heterocycles. The number of carbonyl (C=O) groups excluding carboxylic acids is 1. The zero-order valence-electron chi connectivity index (χ0n) is 13.8. The van der Waals surface area contributed by atoms with Gasteiger partial charge in [-0.3, -0.25) is 10.9 Å². The fourth-order valence-corrected chi connectivity index (χ4v) is 5.13. The number of ether oxygens (including phenoxy) is 1. The molecule has 0 saturated heterocycles. The molecule has 0 spiro atoms. The van der Waals surface area contributed by atoms with Crippen molar-refractivity contribution in [2.45, 2.75) is 45.8 Å². The average molecular weight is 385 g/mol. The van der Waals surface area contributed by atoms with Gasteiger partial charge in [0.2, 0.25) is 5.91 Å². The first-order valence-corrected chi connectivity index (χ1v) is 13.9. The second-order valence-corrected chi connectivity index (χ2v) is 12.9. The molecule has 0 heterocycles. The first-order valence-electron chi connectivity index (χ1n) is 6.63. The first kappa shape index (κ1) is 21.4. The predicted molar refractivity (Wildman–Crippen MR) is 88.4 cm³/mol. The summed E-state index contributed by atoms with van der Waals surface area (Å²) >= 11 is -0.556. The second kappa shape index (κ2) is 8.90. The molecular weight excluding hydrogens is 361 g/mol. The van der Waals surface area contributed by atoms with E-state index in [4.69, 9.17) is 23.3 Å². The Kier molecular flexibility index (Phi) is 9.08. The van der Waals surface area contributed by atoms with Crippen LogP contribution in [-0.4, -0.2) is 27.9 Å². The molecule has 0 saturated carbocycles. The molecule has 1 aliphatic rings. The maximum absolute atomic E-state index is 11.8. The van der Waals surface area contributed by atoms with E-state index in [9.17, 15) is 4.79 Å². The molecule has 1 atom stereocenters. The summed E-state index contributed by atoms with van der Waals surface area (Å²) in [6.07, 6.45) is 3.57. The van der Waals surface area contributed by atoms with Gasteiger partial charge in [-0.2, -0.15) is 11.1 Å². The fraction of sp³-hybridized carbons (Fsp3) is 0.643. The van der Waals surface area contributed by atoms with Gasteiger partial charge in [0, 0.05) is 7.11 Å². The molecule has 0 aromatic rings. The molecule has 1 unspecified atom stereocenters. The van der Waals surface area contributed by atoms with Crippen LogP contribution in [-0.2, 0) is 26.6 Å². The summed E-state index contributed by atoms with van der Waals surface area (Å²) in [5, 5.41) is -0.134. The molecule has 1 N–H and O–H groups in total. The molecule has 0 radical (unpaired) electrons. The van der Waals surface area contributed by atoms with Crippen LogP contribution in [0.3, 0.4) is 0 Å². The van der Waals surface area contributed by atoms with Crippen LogP contribution >= 0.6 is 18.6 Å². The van der Waals surface area contributed by atoms with Crippen molar-refractivity contribution in [3.05, 3.63) is 22.8 Å². The molecule has 3 nitrogen and oxygen atoms in total. The molecule has 1 amide bonds. The average Bonchev–Trinajstić information content (AvgIpc) is 2.55. The van der Waals surface area contributed by atoms with Crippen LogP contribution < -0.4 is 4.98 Å². The van der Waals surface area contributed by atoms with Crippen molar-refractivity contribution >= 4 is 32.8 Å². The van der Waals surface area contributed by atoms with Gasteiger partial charge >= 0.3 is 35.6 Å². The summed E-state index contributed by atoms with van der Waals surface area (Å²) in [4.78, 5) is 15.0. The van der Waals surface area contributed by atoms with Gasteiger partial charge in [0.1, 0.15) is 14.8 Å². The monoisotopic (exact) mass is 384 g/mol. The molecular formula is C14H24Cl2NO2SiTi-. The van der Waals surface area contributed by atoms with Gasteiger partial charge in [-0.05, 0) is 0 Å². The minimum atomic E-state index is -2.01. The Bertz CT molecular complexity index is 452. The Hall–Kier alpha value is 0.421. The Labute approximate surface area is 146 Å². The van der Waals surface area contributed by atoms with Crippen LogP contribution in [0.1, 0.15) is 27.7 Å². The Balaban J connectivity index is 0.00000122. The molecule has 1 aliphatic carbocycles. The number of methoxy groups -OCH3 is 1. The number of nitrogens with one attached hydrogen (secondary N) is 1. The molecule has 21 heavy (non-hydrogen) atoms. The molecule has 7 heteroatoms. The van der Waals surface area contributed by atoms with Gasteiger partial charge in [0.05, 0.1) is 0 Å². The van der Waals surface area contributed by atoms with Crippen molar-refractivity contribution in [2.24, 2.45) is 0 Å². The van der Waals surface area contributed by atoms with E-state index in [1.807, 2.05) is 0 Å². The third-order valence-corrected chi connectivity index (χ3v) is 8.19. The summed E-state index contributed by atoms with van der Waals surface area (Å²) in [7, 11) is 9.31. The van der Waals surface area contributed by atoms with E-state index in [2.05, 4.69) is 51.8 Å². The van der Waals surface area contributed by atoms with Gasteiger partial charge < -0.3 is 9.72 Å². The number of allylic oxidation sites excluding steroid dienone is 4. The maximum atomic E-state index is 11.8. The van der Waals surface area contributed by atoms with E-state index < -0.39 is 25.3 Å². The summed E-state index contributed by atoms with van der Waals surface area (Å²) < 4.78 is 4.89. The quantitative estimate of drug-likeness (QED) is 0.582. The third-order valence-electron chi connectivity index (χ3n) is 4.29. The number of hydrogen-bond acceptors (Lipinski definition) is 2. The number of rotatable bonds is 4. The number of hydrogen-bond donors (Lipinski definition) is 1. The van der Waals surface area contributed by atoms with Crippen molar-refractivity contribution in [2.75, 3.05) is 13.7 Å². The molecule has 1 rings (SSSR count). The third kappa shape index (κ3) is 5.22. The number of amides is 1. The van der Waals surface area contributed by atoms with Crippen LogP contribution in [0, 0.1) is 6.08 Å². The van der Waals surface area contributed by atoms with E-state index >= 15 is 0 Å². The summed E-state index contributed by atoms with van der Waals surface area (Å²) in [6.45, 7) is 13.0. The normalized spacial score (nSPS) is 21.5. The molecule has 0 aromatic carbocycles. The predicted octanol–water partition coefficient (Wildman–Crippen LogP) is 4.19. The zero-order valence-corrected chi connectivity index (χ0v) is 17.9. The standard InChI is InChI=1S/C14H24NO2Si.2ClH.Ti/c1-10-8-14(4,12(3)11(10)2)18(6,7)15-13(16)9-17-5;;;/h9H2,1-7H3,(H,15,16);2*1H;/q-1;;;+2/p-2. The van der Waals surface area contributed by atoms with Gasteiger partial charge in [-0.15, -0.1) is 6.92 Å². The first-order chi connectivity index (χ1) is 9.57. The Morgan fingerprint density at radius 1 is 1.38 bits per heavy atom. The summed E-state index contributed by atoms with van der Waals surface area (Å²) in [5.74, 6) is -0.0350. The topological polar surface area (TPSA) is 38.3 Å². The SMILES string of the molecule is COCC(=O)N[Si](C)(C)C1(C)[C-]=C(C)C(C)=C1C.[Cl][Ti][Cl]. The van der Waals surface area contributed by atoms with E-state index in [1.54, 1.807) is 0 Å². The number of carbonyl (C=O) groups is 1. The Morgan fingerprint density at radius 3 is 2.19 bits per heavy atom. The van der Waals surface area contributed by atoms with Crippen LogP contribution in [0.2, 0.25) is 18.1 Å². The van der Waals surface area contributed by atoms with E-state index in [0.29, 0.717) is 0 Å². The van der Waals surface area contributed by atoms with Crippen LogP contribution in [0.5, 0.6) is 0 Å². The van der Waals surface area contributed by atoms with Crippen molar-refractivity contribution in [1.82, 2.24) is 4.98 Å². The second-order valence-electron chi connectivity index (χ2n) is 5.80. The van der Waals surface area contributed by atoms with Gasteiger partial charge in [-0.1, -0.05) is 38.9 Å². The minimum absolute atomic E-state index is 0.0350. The van der Waals surface area contributed by atoms with Crippen LogP contribution in [0.25, 0.3) is 0 Å². The molecule has 0 bridgehead atoms. The van der Waals surface area contributed by atoms with Gasteiger partial charge in [0.25, 0.3) is 0 Å². The van der Waals surface area contributed by atoms with E-state index in [-0.39, 0.29) is 17.6 Å². The zero-order chi connectivity index (χ0) is 16.8.